The van der Waals surface area contributed by atoms with Crippen molar-refractivity contribution < 1.29 is 4.42 Å². The van der Waals surface area contributed by atoms with Crippen molar-refractivity contribution in [3.8, 4) is 11.1 Å². The van der Waals surface area contributed by atoms with Gasteiger partial charge in [-0.25, -0.2) is 4.79 Å². The number of benzene rings is 2. The van der Waals surface area contributed by atoms with Crippen molar-refractivity contribution in [2.45, 2.75) is 4.90 Å². The van der Waals surface area contributed by atoms with Gasteiger partial charge in [0.1, 0.15) is 5.58 Å². The zero-order valence-electron chi connectivity index (χ0n) is 9.76. The second-order valence-electron chi connectivity index (χ2n) is 4.09. The topological polar surface area (TPSA) is 30.2 Å². The molecule has 0 N–H and O–H groups in total. The third-order valence-corrected chi connectivity index (χ3v) is 3.72. The molecule has 0 atom stereocenters. The van der Waals surface area contributed by atoms with E-state index in [1.54, 1.807) is 18.2 Å². The molecule has 0 fully saturated rings. The van der Waals surface area contributed by atoms with Gasteiger partial charge in [0.05, 0.1) is 5.56 Å². The fraction of sp³-hybridized carbons (Fsp3) is 0. The summed E-state index contributed by atoms with van der Waals surface area (Å²) >= 11 is 10.6. The summed E-state index contributed by atoms with van der Waals surface area (Å²) in [7, 11) is 0. The van der Waals surface area contributed by atoms with Gasteiger partial charge in [0.25, 0.3) is 0 Å². The minimum absolute atomic E-state index is 0.396. The Kier molecular flexibility index (Phi) is 3.09. The van der Waals surface area contributed by atoms with Gasteiger partial charge in [0.15, 0.2) is 0 Å². The molecule has 2 aromatic carbocycles. The van der Waals surface area contributed by atoms with Gasteiger partial charge in [-0.1, -0.05) is 48.0 Å². The fourth-order valence-electron chi connectivity index (χ4n) is 2.03. The molecule has 0 unspecified atom stereocenters. The first kappa shape index (κ1) is 12.3. The Morgan fingerprint density at radius 1 is 1.00 bits per heavy atom. The molecular weight excluding hydrogens is 280 g/mol. The number of hydrogen-bond donors (Lipinski definition) is 1. The second-order valence-corrected chi connectivity index (χ2v) is 4.94. The maximum Gasteiger partial charge on any atom is 0.345 e. The Hall–Kier alpha value is -1.71. The van der Waals surface area contributed by atoms with Crippen molar-refractivity contribution in [1.82, 2.24) is 0 Å². The standard InChI is InChI=1S/C15H9ClO2S/c16-11-7-3-1-5-9(11)13-14(19)10-6-2-4-8-12(10)18-15(13)17/h1-8,19H. The average Bonchev–Trinajstić information content (AvgIpc) is 2.41. The second kappa shape index (κ2) is 4.76. The first-order valence-corrected chi connectivity index (χ1v) is 6.50. The monoisotopic (exact) mass is 288 g/mol. The zero-order valence-corrected chi connectivity index (χ0v) is 11.4. The molecule has 0 radical (unpaired) electrons. The van der Waals surface area contributed by atoms with Crippen LogP contribution in [0.4, 0.5) is 0 Å². The number of rotatable bonds is 1. The van der Waals surface area contributed by atoms with Crippen molar-refractivity contribution in [2.24, 2.45) is 0 Å². The van der Waals surface area contributed by atoms with E-state index in [0.717, 1.165) is 5.39 Å². The highest BCUT2D eigenvalue weighted by Gasteiger charge is 2.15. The van der Waals surface area contributed by atoms with E-state index in [-0.39, 0.29) is 0 Å². The van der Waals surface area contributed by atoms with E-state index in [2.05, 4.69) is 12.6 Å². The van der Waals surface area contributed by atoms with Crippen molar-refractivity contribution in [3.05, 3.63) is 64.0 Å². The van der Waals surface area contributed by atoms with E-state index in [1.807, 2.05) is 30.3 Å². The predicted octanol–water partition coefficient (Wildman–Crippen LogP) is 4.40. The molecule has 3 aromatic rings. The van der Waals surface area contributed by atoms with E-state index in [1.165, 1.54) is 0 Å². The average molecular weight is 289 g/mol. The van der Waals surface area contributed by atoms with Gasteiger partial charge in [-0.15, -0.1) is 12.6 Å². The third-order valence-electron chi connectivity index (χ3n) is 2.93. The van der Waals surface area contributed by atoms with E-state index >= 15 is 0 Å². The molecular formula is C15H9ClO2S. The molecule has 2 nitrogen and oxygen atoms in total. The predicted molar refractivity (Wildman–Crippen MR) is 80.2 cm³/mol. The van der Waals surface area contributed by atoms with Crippen LogP contribution in [0.25, 0.3) is 22.1 Å². The molecule has 0 aliphatic heterocycles. The van der Waals surface area contributed by atoms with Crippen molar-refractivity contribution in [1.29, 1.82) is 0 Å². The summed E-state index contributed by atoms with van der Waals surface area (Å²) in [6.45, 7) is 0. The maximum atomic E-state index is 12.1. The molecule has 0 aliphatic rings. The molecule has 0 aliphatic carbocycles. The molecule has 4 heteroatoms. The van der Waals surface area contributed by atoms with E-state index < -0.39 is 5.63 Å². The molecule has 19 heavy (non-hydrogen) atoms. The lowest BCUT2D eigenvalue weighted by Crippen LogP contribution is -2.04. The van der Waals surface area contributed by atoms with Gasteiger partial charge in [0, 0.05) is 20.9 Å². The maximum absolute atomic E-state index is 12.1. The van der Waals surface area contributed by atoms with Crippen LogP contribution in [0.15, 0.2) is 62.6 Å². The summed E-state index contributed by atoms with van der Waals surface area (Å²) in [4.78, 5) is 12.7. The Bertz CT molecular complexity index is 824. The number of para-hydroxylation sites is 1. The van der Waals surface area contributed by atoms with Crippen LogP contribution in [0.2, 0.25) is 5.02 Å². The van der Waals surface area contributed by atoms with Crippen LogP contribution in [-0.2, 0) is 0 Å². The van der Waals surface area contributed by atoms with Crippen LogP contribution < -0.4 is 5.63 Å². The largest absolute Gasteiger partial charge is 0.422 e. The third kappa shape index (κ3) is 2.05. The quantitative estimate of drug-likeness (QED) is 0.531. The minimum atomic E-state index is -0.434. The van der Waals surface area contributed by atoms with Gasteiger partial charge in [-0.2, -0.15) is 0 Å². The molecule has 3 rings (SSSR count). The van der Waals surface area contributed by atoms with Crippen LogP contribution >= 0.6 is 24.2 Å². The van der Waals surface area contributed by atoms with Gasteiger partial charge in [-0.3, -0.25) is 0 Å². The molecule has 1 heterocycles. The molecule has 0 bridgehead atoms. The summed E-state index contributed by atoms with van der Waals surface area (Å²) in [5.74, 6) is 0. The van der Waals surface area contributed by atoms with Crippen LogP contribution in [-0.4, -0.2) is 0 Å². The summed E-state index contributed by atoms with van der Waals surface area (Å²) in [5.41, 5.74) is 1.12. The van der Waals surface area contributed by atoms with Crippen molar-refractivity contribution >= 4 is 35.2 Å². The lowest BCUT2D eigenvalue weighted by Gasteiger charge is -2.08. The molecule has 0 saturated heterocycles. The Morgan fingerprint density at radius 3 is 2.47 bits per heavy atom. The Labute approximate surface area is 120 Å². The SMILES string of the molecule is O=c1oc2ccccc2c(S)c1-c1ccccc1Cl. The molecule has 0 spiro atoms. The normalized spacial score (nSPS) is 10.8. The first-order chi connectivity index (χ1) is 9.18. The lowest BCUT2D eigenvalue weighted by atomic mass is 10.1. The summed E-state index contributed by atoms with van der Waals surface area (Å²) in [6.07, 6.45) is 0. The minimum Gasteiger partial charge on any atom is -0.422 e. The van der Waals surface area contributed by atoms with Crippen molar-refractivity contribution in [3.63, 3.8) is 0 Å². The van der Waals surface area contributed by atoms with Gasteiger partial charge < -0.3 is 4.42 Å². The molecule has 0 amide bonds. The molecule has 1 aromatic heterocycles. The highest BCUT2D eigenvalue weighted by atomic mass is 35.5. The fourth-order valence-corrected chi connectivity index (χ4v) is 2.66. The Morgan fingerprint density at radius 2 is 1.68 bits per heavy atom. The van der Waals surface area contributed by atoms with E-state index in [4.69, 9.17) is 16.0 Å². The number of hydrogen-bond acceptors (Lipinski definition) is 3. The summed E-state index contributed by atoms with van der Waals surface area (Å²) in [6, 6.07) is 14.4. The highest BCUT2D eigenvalue weighted by Crippen LogP contribution is 2.33. The zero-order chi connectivity index (χ0) is 13.4. The van der Waals surface area contributed by atoms with E-state index in [9.17, 15) is 4.79 Å². The van der Waals surface area contributed by atoms with Gasteiger partial charge in [0.2, 0.25) is 0 Å². The molecule has 0 saturated carbocycles. The Balaban J connectivity index is 2.43. The first-order valence-electron chi connectivity index (χ1n) is 5.68. The lowest BCUT2D eigenvalue weighted by molar-refractivity contribution is 0.560. The summed E-state index contributed by atoms with van der Waals surface area (Å²) in [5, 5.41) is 1.29. The van der Waals surface area contributed by atoms with Crippen LogP contribution in [0, 0.1) is 0 Å². The number of fused-ring (bicyclic) bond motifs is 1. The highest BCUT2D eigenvalue weighted by molar-refractivity contribution is 7.80. The molecule has 94 valence electrons. The number of halogens is 1. The van der Waals surface area contributed by atoms with Gasteiger partial charge >= 0.3 is 5.63 Å². The van der Waals surface area contributed by atoms with E-state index in [0.29, 0.717) is 26.6 Å². The van der Waals surface area contributed by atoms with Crippen LogP contribution in [0.5, 0.6) is 0 Å². The van der Waals surface area contributed by atoms with Crippen molar-refractivity contribution in [2.75, 3.05) is 0 Å². The number of thiol groups is 1. The smallest absolute Gasteiger partial charge is 0.345 e. The van der Waals surface area contributed by atoms with Gasteiger partial charge in [-0.05, 0) is 12.1 Å². The van der Waals surface area contributed by atoms with Crippen LogP contribution in [0.1, 0.15) is 0 Å². The van der Waals surface area contributed by atoms with Crippen LogP contribution in [0.3, 0.4) is 0 Å². The summed E-state index contributed by atoms with van der Waals surface area (Å²) < 4.78 is 5.32.